The molecule has 5 aromatic heterocycles. The standard InChI is InChI=1S/C12H16N2O.C12H15N.C9H15N.C8H14N2O.C8H13N/c1-12(2,3)14-10-8-6-5-7-9(10)13(4)11(14)15;1-12(2,3)13-9-8-10-6-4-5-7-11(10)13;1-8-6-5-7-10(8)9(2,3)4;1-8(2,3)10-6-5-9(4)7(10)11;1-8(2,3)9-6-4-5-7-9/h5-8H,1-4H3;4-9H,1-3H3;5-7H,1-4H3;5-6H,1-4H3;4-7H,1-3H3. The first-order valence-electron chi connectivity index (χ1n) is 20.3. The fourth-order valence-electron chi connectivity index (χ4n) is 6.58. The van der Waals surface area contributed by atoms with Crippen LogP contribution in [0.4, 0.5) is 0 Å². The molecular weight excluding hydrogens is 719 g/mol. The molecule has 9 heteroatoms. The largest absolute Gasteiger partial charge is 0.349 e. The second kappa shape index (κ2) is 18.2. The number of hydrogen-bond donors (Lipinski definition) is 0. The van der Waals surface area contributed by atoms with Crippen molar-refractivity contribution in [3.63, 3.8) is 0 Å². The van der Waals surface area contributed by atoms with Crippen molar-refractivity contribution < 1.29 is 0 Å². The number of fused-ring (bicyclic) bond motifs is 2. The minimum absolute atomic E-state index is 0.0394. The number of benzene rings is 2. The van der Waals surface area contributed by atoms with Crippen molar-refractivity contribution in [3.05, 3.63) is 143 Å². The number of rotatable bonds is 0. The van der Waals surface area contributed by atoms with Crippen LogP contribution in [0, 0.1) is 6.92 Å². The molecule has 0 unspecified atom stereocenters. The molecule has 7 rings (SSSR count). The summed E-state index contributed by atoms with van der Waals surface area (Å²) < 4.78 is 13.6. The minimum atomic E-state index is -0.183. The molecule has 0 fully saturated rings. The lowest BCUT2D eigenvalue weighted by Gasteiger charge is -2.23. The van der Waals surface area contributed by atoms with Crippen molar-refractivity contribution in [1.82, 2.24) is 32.0 Å². The Morgan fingerprint density at radius 1 is 0.397 bits per heavy atom. The Balaban J connectivity index is 0.000000196. The molecule has 0 saturated heterocycles. The highest BCUT2D eigenvalue weighted by atomic mass is 16.2. The average molecular weight is 792 g/mol. The Morgan fingerprint density at radius 2 is 0.897 bits per heavy atom. The first-order chi connectivity index (χ1) is 26.6. The summed E-state index contributed by atoms with van der Waals surface area (Å²) in [5.41, 5.74) is 5.05. The summed E-state index contributed by atoms with van der Waals surface area (Å²) in [5.74, 6) is 0. The Morgan fingerprint density at radius 3 is 1.28 bits per heavy atom. The van der Waals surface area contributed by atoms with E-state index in [0.29, 0.717) is 0 Å². The maximum atomic E-state index is 12.1. The molecule has 0 radical (unpaired) electrons. The topological polar surface area (TPSA) is 68.7 Å². The van der Waals surface area contributed by atoms with Gasteiger partial charge < -0.3 is 18.3 Å². The lowest BCUT2D eigenvalue weighted by molar-refractivity contribution is 0.381. The van der Waals surface area contributed by atoms with E-state index in [1.165, 1.54) is 16.6 Å². The molecule has 0 aliphatic carbocycles. The summed E-state index contributed by atoms with van der Waals surface area (Å²) >= 11 is 0. The van der Waals surface area contributed by atoms with E-state index in [0.717, 1.165) is 11.0 Å². The highest BCUT2D eigenvalue weighted by molar-refractivity contribution is 5.80. The summed E-state index contributed by atoms with van der Waals surface area (Å²) in [4.78, 5) is 23.4. The van der Waals surface area contributed by atoms with Crippen LogP contribution in [0.3, 0.4) is 0 Å². The van der Waals surface area contributed by atoms with Gasteiger partial charge in [-0.15, -0.1) is 0 Å². The second-order valence-corrected chi connectivity index (χ2v) is 19.9. The lowest BCUT2D eigenvalue weighted by Crippen LogP contribution is -2.34. The number of nitrogens with zero attached hydrogens (tertiary/aromatic N) is 7. The zero-order valence-corrected chi connectivity index (χ0v) is 38.9. The van der Waals surface area contributed by atoms with Gasteiger partial charge in [0.1, 0.15) is 0 Å². The van der Waals surface area contributed by atoms with Crippen molar-refractivity contribution >= 4 is 21.9 Å². The summed E-state index contributed by atoms with van der Waals surface area (Å²) in [6, 6.07) is 26.8. The molecule has 0 N–H and O–H groups in total. The highest BCUT2D eigenvalue weighted by Gasteiger charge is 2.21. The van der Waals surface area contributed by atoms with Gasteiger partial charge in [-0.1, -0.05) is 30.3 Å². The van der Waals surface area contributed by atoms with E-state index >= 15 is 0 Å². The zero-order valence-electron chi connectivity index (χ0n) is 38.9. The molecule has 0 bridgehead atoms. The molecule has 7 aromatic rings. The first kappa shape index (κ1) is 47.2. The third-order valence-electron chi connectivity index (χ3n) is 9.68. The molecular formula is C49H73N7O2. The Labute approximate surface area is 348 Å². The van der Waals surface area contributed by atoms with E-state index in [4.69, 9.17) is 0 Å². The predicted molar refractivity (Wildman–Crippen MR) is 247 cm³/mol. The molecule has 316 valence electrons. The van der Waals surface area contributed by atoms with E-state index in [2.05, 4.69) is 150 Å². The van der Waals surface area contributed by atoms with Gasteiger partial charge in [0, 0.05) is 90.2 Å². The monoisotopic (exact) mass is 792 g/mol. The number of hydrogen-bond acceptors (Lipinski definition) is 2. The minimum Gasteiger partial charge on any atom is -0.349 e. The van der Waals surface area contributed by atoms with Gasteiger partial charge in [-0.3, -0.25) is 13.7 Å². The van der Waals surface area contributed by atoms with Gasteiger partial charge in [0.15, 0.2) is 0 Å². The quantitative estimate of drug-likeness (QED) is 0.153. The zero-order chi connectivity index (χ0) is 44.0. The Kier molecular flexibility index (Phi) is 14.8. The summed E-state index contributed by atoms with van der Waals surface area (Å²) in [6.07, 6.45) is 12.0. The van der Waals surface area contributed by atoms with Crippen LogP contribution in [0.5, 0.6) is 0 Å². The third kappa shape index (κ3) is 12.2. The van der Waals surface area contributed by atoms with Gasteiger partial charge in [-0.25, -0.2) is 9.59 Å². The van der Waals surface area contributed by atoms with Crippen LogP contribution in [0.2, 0.25) is 0 Å². The van der Waals surface area contributed by atoms with E-state index in [-0.39, 0.29) is 39.1 Å². The first-order valence-corrected chi connectivity index (χ1v) is 20.3. The number of aromatic nitrogens is 7. The highest BCUT2D eigenvalue weighted by Crippen LogP contribution is 2.23. The lowest BCUT2D eigenvalue weighted by atomic mass is 10.1. The molecule has 9 nitrogen and oxygen atoms in total. The van der Waals surface area contributed by atoms with Crippen molar-refractivity contribution in [2.75, 3.05) is 0 Å². The number of imidazole rings is 2. The molecule has 0 aliphatic heterocycles. The normalized spacial score (nSPS) is 12.1. The van der Waals surface area contributed by atoms with Crippen LogP contribution in [0.25, 0.3) is 21.9 Å². The maximum absolute atomic E-state index is 12.1. The maximum Gasteiger partial charge on any atom is 0.329 e. The van der Waals surface area contributed by atoms with E-state index in [9.17, 15) is 9.59 Å². The number of aryl methyl sites for hydroxylation is 3. The van der Waals surface area contributed by atoms with E-state index in [1.807, 2.05) is 95.8 Å². The van der Waals surface area contributed by atoms with Gasteiger partial charge in [-0.05, 0) is 165 Å². The van der Waals surface area contributed by atoms with Gasteiger partial charge in [0.25, 0.3) is 0 Å². The van der Waals surface area contributed by atoms with Crippen LogP contribution in [-0.4, -0.2) is 32.0 Å². The van der Waals surface area contributed by atoms with Crippen molar-refractivity contribution in [3.8, 4) is 0 Å². The second-order valence-electron chi connectivity index (χ2n) is 19.9. The summed E-state index contributed by atoms with van der Waals surface area (Å²) in [7, 11) is 3.57. The van der Waals surface area contributed by atoms with E-state index in [1.54, 1.807) is 26.9 Å². The van der Waals surface area contributed by atoms with Gasteiger partial charge in [0.2, 0.25) is 0 Å². The van der Waals surface area contributed by atoms with Gasteiger partial charge >= 0.3 is 11.4 Å². The average Bonchev–Trinajstić information content (AvgIpc) is 3.94. The van der Waals surface area contributed by atoms with Crippen LogP contribution < -0.4 is 11.4 Å². The SMILES string of the molecule is CC(C)(C)n1ccc2ccccc21.CC(C)(C)n1cccc1.Cc1cccn1C(C)(C)C.Cn1c(=O)n(C(C)(C)C)c2ccccc21.Cn1ccn(C(C)(C)C)c1=O. The smallest absolute Gasteiger partial charge is 0.329 e. The predicted octanol–water partition coefficient (Wildman–Crippen LogP) is 11.2. The van der Waals surface area contributed by atoms with Crippen LogP contribution in [0.15, 0.2) is 126 Å². The van der Waals surface area contributed by atoms with Crippen LogP contribution in [-0.2, 0) is 41.8 Å². The summed E-state index contributed by atoms with van der Waals surface area (Å²) in [6.45, 7) is 34.1. The van der Waals surface area contributed by atoms with Crippen molar-refractivity contribution in [2.24, 2.45) is 14.1 Å². The molecule has 58 heavy (non-hydrogen) atoms. The van der Waals surface area contributed by atoms with Crippen molar-refractivity contribution in [2.45, 2.75) is 138 Å². The van der Waals surface area contributed by atoms with Crippen molar-refractivity contribution in [1.29, 1.82) is 0 Å². The van der Waals surface area contributed by atoms with Gasteiger partial charge in [-0.2, -0.15) is 0 Å². The molecule has 0 aliphatic rings. The van der Waals surface area contributed by atoms with Crippen LogP contribution >= 0.6 is 0 Å². The van der Waals surface area contributed by atoms with Gasteiger partial charge in [0.05, 0.1) is 11.0 Å². The summed E-state index contributed by atoms with van der Waals surface area (Å²) in [5, 5.41) is 1.32. The Hall–Kier alpha value is -5.18. The molecule has 0 saturated carbocycles. The molecule has 0 amide bonds. The van der Waals surface area contributed by atoms with E-state index < -0.39 is 0 Å². The number of para-hydroxylation sites is 3. The molecule has 2 aromatic carbocycles. The Bertz CT molecular complexity index is 2440. The van der Waals surface area contributed by atoms with Crippen LogP contribution in [0.1, 0.15) is 110 Å². The molecule has 5 heterocycles. The molecule has 0 atom stereocenters. The fourth-order valence-corrected chi connectivity index (χ4v) is 6.58. The fraction of sp³-hybridized carbons (Fsp3) is 0.469. The molecule has 0 spiro atoms. The third-order valence-corrected chi connectivity index (χ3v) is 9.68.